The van der Waals surface area contributed by atoms with Crippen LogP contribution in [0.5, 0.6) is 0 Å². The summed E-state index contributed by atoms with van der Waals surface area (Å²) >= 11 is 0. The second-order valence-electron chi connectivity index (χ2n) is 6.08. The maximum Gasteiger partial charge on any atom is 0.416 e. The first-order valence-electron chi connectivity index (χ1n) is 6.64. The Morgan fingerprint density at radius 2 is 1.62 bits per heavy atom. The first-order chi connectivity index (χ1) is 9.07. The molecule has 0 spiro atoms. The van der Waals surface area contributed by atoms with Crippen LogP contribution in [-0.2, 0) is 6.18 Å². The lowest BCUT2D eigenvalue weighted by atomic mass is 9.92. The van der Waals surface area contributed by atoms with E-state index in [2.05, 4.69) is 18.7 Å². The largest absolute Gasteiger partial charge is 0.416 e. The third-order valence-electron chi connectivity index (χ3n) is 3.61. The summed E-state index contributed by atoms with van der Waals surface area (Å²) in [4.78, 5) is 2.11. The van der Waals surface area contributed by atoms with Crippen LogP contribution in [0.4, 0.5) is 13.2 Å². The molecular weight excluding hydrogens is 301 g/mol. The molecule has 122 valence electrons. The van der Waals surface area contributed by atoms with E-state index in [4.69, 9.17) is 5.73 Å². The average molecular weight is 325 g/mol. The third-order valence-corrected chi connectivity index (χ3v) is 3.61. The molecule has 21 heavy (non-hydrogen) atoms. The summed E-state index contributed by atoms with van der Waals surface area (Å²) in [5.41, 5.74) is 5.95. The summed E-state index contributed by atoms with van der Waals surface area (Å²) < 4.78 is 37.6. The van der Waals surface area contributed by atoms with Crippen molar-refractivity contribution in [2.24, 2.45) is 11.1 Å². The predicted octanol–water partition coefficient (Wildman–Crippen LogP) is 4.10. The zero-order chi connectivity index (χ0) is 15.6. The Hall–Kier alpha value is -0.780. The third kappa shape index (κ3) is 5.85. The van der Waals surface area contributed by atoms with Crippen molar-refractivity contribution in [1.82, 2.24) is 4.90 Å². The van der Waals surface area contributed by atoms with Gasteiger partial charge in [-0.15, -0.1) is 12.4 Å². The van der Waals surface area contributed by atoms with Crippen molar-refractivity contribution in [2.45, 2.75) is 33.0 Å². The van der Waals surface area contributed by atoms with Gasteiger partial charge in [-0.2, -0.15) is 13.2 Å². The van der Waals surface area contributed by atoms with Crippen LogP contribution in [0.1, 0.15) is 37.9 Å². The van der Waals surface area contributed by atoms with Gasteiger partial charge in [0, 0.05) is 12.6 Å². The summed E-state index contributed by atoms with van der Waals surface area (Å²) in [6.45, 7) is 7.48. The van der Waals surface area contributed by atoms with Gasteiger partial charge >= 0.3 is 6.18 Å². The number of benzene rings is 1. The number of halogens is 4. The molecule has 1 aromatic rings. The van der Waals surface area contributed by atoms with Gasteiger partial charge in [-0.25, -0.2) is 0 Å². The normalized spacial score (nSPS) is 14.0. The van der Waals surface area contributed by atoms with E-state index in [0.717, 1.165) is 24.2 Å². The molecule has 0 saturated heterocycles. The van der Waals surface area contributed by atoms with Crippen molar-refractivity contribution < 1.29 is 13.2 Å². The van der Waals surface area contributed by atoms with Crippen LogP contribution in [0.15, 0.2) is 24.3 Å². The summed E-state index contributed by atoms with van der Waals surface area (Å²) in [7, 11) is 1.96. The molecular formula is C15H24ClF3N2. The van der Waals surface area contributed by atoms with Crippen LogP contribution in [0.25, 0.3) is 0 Å². The highest BCUT2D eigenvalue weighted by Gasteiger charge is 2.30. The number of hydrogen-bond acceptors (Lipinski definition) is 2. The highest BCUT2D eigenvalue weighted by Crippen LogP contribution is 2.31. The minimum Gasteiger partial charge on any atom is -0.330 e. The Kier molecular flexibility index (Phi) is 7.20. The van der Waals surface area contributed by atoms with E-state index < -0.39 is 11.7 Å². The maximum absolute atomic E-state index is 12.5. The molecule has 0 fully saturated rings. The molecule has 2 nitrogen and oxygen atoms in total. The maximum atomic E-state index is 12.5. The van der Waals surface area contributed by atoms with E-state index in [1.165, 1.54) is 0 Å². The molecule has 0 aliphatic heterocycles. The molecule has 0 heterocycles. The SMILES string of the molecule is CC(c1ccc(C(F)(F)F)cc1)N(C)CC(C)(C)CN.Cl. The number of hydrogen-bond donors (Lipinski definition) is 1. The lowest BCUT2D eigenvalue weighted by Crippen LogP contribution is -2.37. The first-order valence-corrected chi connectivity index (χ1v) is 6.64. The molecule has 0 amide bonds. The van der Waals surface area contributed by atoms with Gasteiger partial charge in [0.2, 0.25) is 0 Å². The van der Waals surface area contributed by atoms with Crippen LogP contribution in [0.2, 0.25) is 0 Å². The number of rotatable bonds is 5. The van der Waals surface area contributed by atoms with Gasteiger partial charge in [0.1, 0.15) is 0 Å². The van der Waals surface area contributed by atoms with Gasteiger partial charge in [-0.3, -0.25) is 4.90 Å². The Morgan fingerprint density at radius 1 is 1.14 bits per heavy atom. The number of nitrogens with zero attached hydrogens (tertiary/aromatic N) is 1. The second kappa shape index (κ2) is 7.47. The minimum atomic E-state index is -4.28. The molecule has 6 heteroatoms. The quantitative estimate of drug-likeness (QED) is 0.883. The van der Waals surface area contributed by atoms with Gasteiger partial charge < -0.3 is 5.73 Å². The van der Waals surface area contributed by atoms with Crippen molar-refractivity contribution in [3.63, 3.8) is 0 Å². The Morgan fingerprint density at radius 3 is 2.00 bits per heavy atom. The zero-order valence-electron chi connectivity index (χ0n) is 12.9. The highest BCUT2D eigenvalue weighted by atomic mass is 35.5. The molecule has 0 bridgehead atoms. The summed E-state index contributed by atoms with van der Waals surface area (Å²) in [6, 6.07) is 5.39. The van der Waals surface area contributed by atoms with Gasteiger partial charge in [0.15, 0.2) is 0 Å². The van der Waals surface area contributed by atoms with Crippen molar-refractivity contribution in [3.8, 4) is 0 Å². The van der Waals surface area contributed by atoms with Gasteiger partial charge in [-0.1, -0.05) is 26.0 Å². The van der Waals surface area contributed by atoms with Crippen molar-refractivity contribution in [2.75, 3.05) is 20.1 Å². The summed E-state index contributed by atoms with van der Waals surface area (Å²) in [5.74, 6) is 0. The molecule has 0 aliphatic carbocycles. The fourth-order valence-corrected chi connectivity index (χ4v) is 2.08. The van der Waals surface area contributed by atoms with E-state index in [0.29, 0.717) is 6.54 Å². The molecule has 0 aliphatic rings. The minimum absolute atomic E-state index is 0. The molecule has 0 saturated carbocycles. The number of alkyl halides is 3. The zero-order valence-corrected chi connectivity index (χ0v) is 13.7. The predicted molar refractivity (Wildman–Crippen MR) is 82.6 cm³/mol. The van der Waals surface area contributed by atoms with Crippen LogP contribution < -0.4 is 5.73 Å². The van der Waals surface area contributed by atoms with Crippen molar-refractivity contribution in [3.05, 3.63) is 35.4 Å². The van der Waals surface area contributed by atoms with E-state index >= 15 is 0 Å². The molecule has 2 N–H and O–H groups in total. The van der Waals surface area contributed by atoms with E-state index in [9.17, 15) is 13.2 Å². The van der Waals surface area contributed by atoms with Crippen LogP contribution in [0, 0.1) is 5.41 Å². The molecule has 1 unspecified atom stereocenters. The van der Waals surface area contributed by atoms with Gasteiger partial charge in [0.25, 0.3) is 0 Å². The fraction of sp³-hybridized carbons (Fsp3) is 0.600. The molecule has 1 aromatic carbocycles. The van der Waals surface area contributed by atoms with Crippen LogP contribution >= 0.6 is 12.4 Å². The topological polar surface area (TPSA) is 29.3 Å². The summed E-state index contributed by atoms with van der Waals surface area (Å²) in [6.07, 6.45) is -4.28. The fourth-order valence-electron chi connectivity index (χ4n) is 2.08. The number of nitrogens with two attached hydrogens (primary N) is 1. The summed E-state index contributed by atoms with van der Waals surface area (Å²) in [5, 5.41) is 0. The molecule has 0 aromatic heterocycles. The molecule has 1 atom stereocenters. The lowest BCUT2D eigenvalue weighted by molar-refractivity contribution is -0.137. The van der Waals surface area contributed by atoms with E-state index in [-0.39, 0.29) is 23.9 Å². The van der Waals surface area contributed by atoms with Gasteiger partial charge in [0.05, 0.1) is 5.56 Å². The lowest BCUT2D eigenvalue weighted by Gasteiger charge is -2.33. The average Bonchev–Trinajstić information content (AvgIpc) is 2.36. The Bertz CT molecular complexity index is 430. The highest BCUT2D eigenvalue weighted by molar-refractivity contribution is 5.85. The van der Waals surface area contributed by atoms with E-state index in [1.807, 2.05) is 14.0 Å². The molecule has 0 radical (unpaired) electrons. The Balaban J connectivity index is 0.00000400. The smallest absolute Gasteiger partial charge is 0.330 e. The standard InChI is InChI=1S/C15H23F3N2.ClH/c1-11(20(4)10-14(2,3)9-19)12-5-7-13(8-6-12)15(16,17)18;/h5-8,11H,9-10,19H2,1-4H3;1H. The van der Waals surface area contributed by atoms with E-state index in [1.54, 1.807) is 12.1 Å². The second-order valence-corrected chi connectivity index (χ2v) is 6.08. The monoisotopic (exact) mass is 324 g/mol. The Labute approximate surface area is 130 Å². The molecule has 1 rings (SSSR count). The van der Waals surface area contributed by atoms with Crippen molar-refractivity contribution >= 4 is 12.4 Å². The van der Waals surface area contributed by atoms with Crippen molar-refractivity contribution in [1.29, 1.82) is 0 Å². The van der Waals surface area contributed by atoms with Crippen LogP contribution in [-0.4, -0.2) is 25.0 Å². The van der Waals surface area contributed by atoms with Gasteiger partial charge in [-0.05, 0) is 43.6 Å². The van der Waals surface area contributed by atoms with Crippen LogP contribution in [0.3, 0.4) is 0 Å². The first kappa shape index (κ1) is 20.2.